The highest BCUT2D eigenvalue weighted by Crippen LogP contribution is 2.40. The van der Waals surface area contributed by atoms with Crippen LogP contribution >= 0.6 is 24.0 Å². The number of aromatic nitrogens is 1. The number of pyridine rings is 1. The smallest absolute Gasteiger partial charge is 0.219 e. The maximum absolute atomic E-state index is 13.1. The lowest BCUT2D eigenvalue weighted by molar-refractivity contribution is 0.105. The van der Waals surface area contributed by atoms with Gasteiger partial charge in [-0.1, -0.05) is 12.8 Å². The summed E-state index contributed by atoms with van der Waals surface area (Å²) in [6.07, 6.45) is 7.82. The molecule has 0 unspecified atom stereocenters. The van der Waals surface area contributed by atoms with Gasteiger partial charge in [-0.25, -0.2) is 9.37 Å². The normalized spacial score (nSPS) is 15.2. The standard InChI is InChI=1S/C24H33FN4O2.HI/c1-3-30-15-13-24(11-4-5-12-24)18-29-23(26-2)28-17-19-10-14-27-22(16-19)31-21-8-6-20(25)7-9-21;/h6-10,14,16H,3-5,11-13,15,17-18H2,1-2H3,(H2,26,28,29);1H. The fourth-order valence-electron chi connectivity index (χ4n) is 3.99. The third-order valence-corrected chi connectivity index (χ3v) is 5.79. The molecule has 1 fully saturated rings. The largest absolute Gasteiger partial charge is 0.439 e. The highest BCUT2D eigenvalue weighted by molar-refractivity contribution is 14.0. The van der Waals surface area contributed by atoms with E-state index in [0.29, 0.717) is 23.6 Å². The lowest BCUT2D eigenvalue weighted by atomic mass is 9.83. The summed E-state index contributed by atoms with van der Waals surface area (Å²) in [5, 5.41) is 6.88. The van der Waals surface area contributed by atoms with Crippen molar-refractivity contribution in [3.63, 3.8) is 0 Å². The fraction of sp³-hybridized carbons (Fsp3) is 0.500. The molecule has 0 atom stereocenters. The molecule has 0 saturated heterocycles. The summed E-state index contributed by atoms with van der Waals surface area (Å²) in [7, 11) is 1.78. The molecule has 1 aliphatic carbocycles. The molecule has 0 radical (unpaired) electrons. The van der Waals surface area contributed by atoms with Crippen LogP contribution in [0.3, 0.4) is 0 Å². The van der Waals surface area contributed by atoms with E-state index in [4.69, 9.17) is 9.47 Å². The number of hydrogen-bond acceptors (Lipinski definition) is 4. The Morgan fingerprint density at radius 1 is 1.16 bits per heavy atom. The van der Waals surface area contributed by atoms with E-state index in [1.165, 1.54) is 37.8 Å². The summed E-state index contributed by atoms with van der Waals surface area (Å²) in [6.45, 7) is 5.12. The Kier molecular flexibility index (Phi) is 11.2. The van der Waals surface area contributed by atoms with Crippen LogP contribution in [0.25, 0.3) is 0 Å². The number of ether oxygens (including phenoxy) is 2. The average molecular weight is 556 g/mol. The highest BCUT2D eigenvalue weighted by Gasteiger charge is 2.33. The molecule has 2 aromatic rings. The Hall–Kier alpha value is -1.94. The lowest BCUT2D eigenvalue weighted by Crippen LogP contribution is -2.43. The zero-order valence-corrected chi connectivity index (χ0v) is 21.2. The molecular formula is C24H34FIN4O2. The summed E-state index contributed by atoms with van der Waals surface area (Å²) >= 11 is 0. The molecule has 0 amide bonds. The number of benzene rings is 1. The molecule has 1 aromatic carbocycles. The van der Waals surface area contributed by atoms with Gasteiger partial charge in [-0.15, -0.1) is 24.0 Å². The zero-order valence-electron chi connectivity index (χ0n) is 18.9. The average Bonchev–Trinajstić information content (AvgIpc) is 3.25. The lowest BCUT2D eigenvalue weighted by Gasteiger charge is -2.30. The van der Waals surface area contributed by atoms with Crippen molar-refractivity contribution in [3.8, 4) is 11.6 Å². The molecule has 32 heavy (non-hydrogen) atoms. The molecule has 1 saturated carbocycles. The van der Waals surface area contributed by atoms with Crippen LogP contribution in [-0.4, -0.2) is 37.7 Å². The monoisotopic (exact) mass is 556 g/mol. The van der Waals surface area contributed by atoms with Gasteiger partial charge in [-0.2, -0.15) is 0 Å². The molecule has 1 aliphatic rings. The molecule has 0 aliphatic heterocycles. The van der Waals surface area contributed by atoms with Gasteiger partial charge < -0.3 is 20.1 Å². The van der Waals surface area contributed by atoms with Crippen molar-refractivity contribution in [2.75, 3.05) is 26.8 Å². The van der Waals surface area contributed by atoms with Crippen molar-refractivity contribution in [2.24, 2.45) is 10.4 Å². The molecule has 6 nitrogen and oxygen atoms in total. The number of rotatable bonds is 10. The highest BCUT2D eigenvalue weighted by atomic mass is 127. The first kappa shape index (κ1) is 26.3. The first-order chi connectivity index (χ1) is 15.1. The Labute approximate surface area is 207 Å². The van der Waals surface area contributed by atoms with E-state index < -0.39 is 0 Å². The number of nitrogens with zero attached hydrogens (tertiary/aromatic N) is 2. The second kappa shape index (κ2) is 13.6. The summed E-state index contributed by atoms with van der Waals surface area (Å²) in [6, 6.07) is 9.68. The summed E-state index contributed by atoms with van der Waals surface area (Å²) < 4.78 is 24.4. The first-order valence-corrected chi connectivity index (χ1v) is 11.0. The van der Waals surface area contributed by atoms with Crippen LogP contribution in [0.5, 0.6) is 11.6 Å². The van der Waals surface area contributed by atoms with Gasteiger partial charge in [0.1, 0.15) is 11.6 Å². The van der Waals surface area contributed by atoms with Gasteiger partial charge in [-0.05, 0) is 67.5 Å². The second-order valence-corrected chi connectivity index (χ2v) is 7.99. The van der Waals surface area contributed by atoms with E-state index in [-0.39, 0.29) is 29.8 Å². The number of halogens is 2. The van der Waals surface area contributed by atoms with Crippen LogP contribution < -0.4 is 15.4 Å². The van der Waals surface area contributed by atoms with Crippen LogP contribution in [0, 0.1) is 11.2 Å². The van der Waals surface area contributed by atoms with Gasteiger partial charge >= 0.3 is 0 Å². The van der Waals surface area contributed by atoms with Crippen molar-refractivity contribution in [3.05, 3.63) is 54.0 Å². The van der Waals surface area contributed by atoms with Crippen LogP contribution in [0.4, 0.5) is 4.39 Å². The summed E-state index contributed by atoms with van der Waals surface area (Å²) in [5.41, 5.74) is 1.31. The maximum Gasteiger partial charge on any atom is 0.219 e. The quantitative estimate of drug-likeness (QED) is 0.180. The third-order valence-electron chi connectivity index (χ3n) is 5.79. The van der Waals surface area contributed by atoms with Gasteiger partial charge in [0.25, 0.3) is 0 Å². The van der Waals surface area contributed by atoms with Crippen molar-refractivity contribution in [2.45, 2.75) is 45.6 Å². The van der Waals surface area contributed by atoms with Crippen molar-refractivity contribution >= 4 is 29.9 Å². The SMILES string of the molecule is CCOCCC1(CNC(=NC)NCc2ccnc(Oc3ccc(F)cc3)c2)CCCC1.I. The molecule has 2 N–H and O–H groups in total. The van der Waals surface area contributed by atoms with Gasteiger partial charge in [0, 0.05) is 45.6 Å². The van der Waals surface area contributed by atoms with Crippen molar-refractivity contribution < 1.29 is 13.9 Å². The Balaban J connectivity index is 0.00000363. The van der Waals surface area contributed by atoms with Gasteiger partial charge in [0.2, 0.25) is 5.88 Å². The molecular weight excluding hydrogens is 522 g/mol. The van der Waals surface area contributed by atoms with E-state index in [1.54, 1.807) is 25.4 Å². The third kappa shape index (κ3) is 8.20. The Morgan fingerprint density at radius 3 is 2.59 bits per heavy atom. The van der Waals surface area contributed by atoms with E-state index in [0.717, 1.165) is 37.7 Å². The maximum atomic E-state index is 13.1. The second-order valence-electron chi connectivity index (χ2n) is 7.99. The molecule has 8 heteroatoms. The Bertz CT molecular complexity index is 842. The molecule has 1 heterocycles. The number of nitrogens with one attached hydrogen (secondary N) is 2. The molecule has 3 rings (SSSR count). The minimum atomic E-state index is -0.297. The minimum absolute atomic E-state index is 0. The number of hydrogen-bond donors (Lipinski definition) is 2. The fourth-order valence-corrected chi connectivity index (χ4v) is 3.99. The summed E-state index contributed by atoms with van der Waals surface area (Å²) in [4.78, 5) is 8.61. The van der Waals surface area contributed by atoms with Gasteiger partial charge in [-0.3, -0.25) is 4.99 Å². The van der Waals surface area contributed by atoms with E-state index in [9.17, 15) is 4.39 Å². The van der Waals surface area contributed by atoms with Crippen molar-refractivity contribution in [1.82, 2.24) is 15.6 Å². The predicted molar refractivity (Wildman–Crippen MR) is 136 cm³/mol. The van der Waals surface area contributed by atoms with E-state index in [1.807, 2.05) is 19.1 Å². The Morgan fingerprint density at radius 2 is 1.91 bits per heavy atom. The topological polar surface area (TPSA) is 67.8 Å². The van der Waals surface area contributed by atoms with Crippen LogP contribution in [-0.2, 0) is 11.3 Å². The van der Waals surface area contributed by atoms with E-state index in [2.05, 4.69) is 20.6 Å². The van der Waals surface area contributed by atoms with Crippen LogP contribution in [0.15, 0.2) is 47.6 Å². The minimum Gasteiger partial charge on any atom is -0.439 e. The van der Waals surface area contributed by atoms with Gasteiger partial charge in [0.15, 0.2) is 5.96 Å². The molecule has 0 bridgehead atoms. The number of aliphatic imine (C=N–C) groups is 1. The van der Waals surface area contributed by atoms with Crippen LogP contribution in [0.1, 0.15) is 44.6 Å². The number of guanidine groups is 1. The summed E-state index contributed by atoms with van der Waals surface area (Å²) in [5.74, 6) is 1.50. The molecule has 176 valence electrons. The molecule has 1 aromatic heterocycles. The van der Waals surface area contributed by atoms with Gasteiger partial charge in [0.05, 0.1) is 0 Å². The van der Waals surface area contributed by atoms with Crippen LogP contribution in [0.2, 0.25) is 0 Å². The molecule has 0 spiro atoms. The van der Waals surface area contributed by atoms with Crippen molar-refractivity contribution in [1.29, 1.82) is 0 Å². The zero-order chi connectivity index (χ0) is 21.9. The predicted octanol–water partition coefficient (Wildman–Crippen LogP) is 5.28. The first-order valence-electron chi connectivity index (χ1n) is 11.0. The van der Waals surface area contributed by atoms with E-state index >= 15 is 0 Å².